The summed E-state index contributed by atoms with van der Waals surface area (Å²) in [6.45, 7) is 6.93. The van der Waals surface area contributed by atoms with E-state index in [4.69, 9.17) is 4.74 Å². The van der Waals surface area contributed by atoms with Gasteiger partial charge in [0.1, 0.15) is 0 Å². The first kappa shape index (κ1) is 36.4. The number of aliphatic hydroxyl groups excluding tert-OH is 1. The molecule has 0 radical (unpaired) electrons. The van der Waals surface area contributed by atoms with Gasteiger partial charge in [-0.15, -0.1) is 0 Å². The van der Waals surface area contributed by atoms with Crippen LogP contribution in [0.25, 0.3) is 0 Å². The van der Waals surface area contributed by atoms with Gasteiger partial charge in [0.05, 0.1) is 31.4 Å². The maximum atomic E-state index is 14.9. The molecular weight excluding hydrogens is 714 g/mol. The Balaban J connectivity index is 1.32. The lowest BCUT2D eigenvalue weighted by molar-refractivity contribution is -0.150. The van der Waals surface area contributed by atoms with Crippen LogP contribution in [0.3, 0.4) is 0 Å². The fourth-order valence-electron chi connectivity index (χ4n) is 8.36. The van der Waals surface area contributed by atoms with Crippen molar-refractivity contribution in [3.05, 3.63) is 94.0 Å². The van der Waals surface area contributed by atoms with E-state index < -0.39 is 31.5 Å². The van der Waals surface area contributed by atoms with Gasteiger partial charge in [-0.2, -0.15) is 0 Å². The van der Waals surface area contributed by atoms with Crippen LogP contribution in [0.4, 0.5) is 11.4 Å². The number of aliphatic hydroxyl groups is 1. The van der Waals surface area contributed by atoms with E-state index in [-0.39, 0.29) is 43.8 Å². The number of halogens is 1. The van der Waals surface area contributed by atoms with Gasteiger partial charge < -0.3 is 29.3 Å². The van der Waals surface area contributed by atoms with E-state index in [1.807, 2.05) is 97.7 Å². The third-order valence-electron chi connectivity index (χ3n) is 10.6. The Labute approximate surface area is 304 Å². The molecule has 0 unspecified atom stereocenters. The smallest absolute Gasteiger partial charge is 0.264 e. The normalized spacial score (nSPS) is 24.0. The van der Waals surface area contributed by atoms with Gasteiger partial charge in [0.25, 0.3) is 5.91 Å². The van der Waals surface area contributed by atoms with Crippen LogP contribution in [0.5, 0.6) is 0 Å². The maximum absolute atomic E-state index is 14.9. The summed E-state index contributed by atoms with van der Waals surface area (Å²) in [6, 6.07) is 23.3. The van der Waals surface area contributed by atoms with Crippen LogP contribution in [-0.2, 0) is 37.8 Å². The molecule has 3 aromatic carbocycles. The average Bonchev–Trinajstić information content (AvgIpc) is 3.49. The van der Waals surface area contributed by atoms with Crippen molar-refractivity contribution < 1.29 is 29.0 Å². The minimum Gasteiger partial charge on any atom is -0.432 e. The van der Waals surface area contributed by atoms with E-state index in [0.29, 0.717) is 25.1 Å². The first-order valence-corrected chi connectivity index (χ1v) is 21.6. The van der Waals surface area contributed by atoms with Crippen LogP contribution in [0.2, 0.25) is 18.6 Å². The summed E-state index contributed by atoms with van der Waals surface area (Å²) < 4.78 is 7.73. The lowest BCUT2D eigenvalue weighted by Crippen LogP contribution is -2.46. The highest BCUT2D eigenvalue weighted by atomic mass is 79.9. The molecule has 0 aromatic heterocycles. The Hall–Kier alpha value is -3.35. The third-order valence-corrected chi connectivity index (χ3v) is 13.6. The summed E-state index contributed by atoms with van der Waals surface area (Å²) in [5, 5.41) is 9.83. The lowest BCUT2D eigenvalue weighted by atomic mass is 9.82. The second-order valence-electron chi connectivity index (χ2n) is 14.5. The Morgan fingerprint density at radius 1 is 1.00 bits per heavy atom. The van der Waals surface area contributed by atoms with Gasteiger partial charge in [0.15, 0.2) is 13.9 Å². The molecule has 2 N–H and O–H groups in total. The average molecular weight is 763 g/mol. The third kappa shape index (κ3) is 7.21. The van der Waals surface area contributed by atoms with E-state index in [0.717, 1.165) is 52.7 Å². The molecule has 1 spiro atoms. The number of benzene rings is 3. The highest BCUT2D eigenvalue weighted by Crippen LogP contribution is 2.60. The summed E-state index contributed by atoms with van der Waals surface area (Å²) in [5.41, 5.74) is 2.30. The van der Waals surface area contributed by atoms with Crippen molar-refractivity contribution in [1.29, 1.82) is 0 Å². The van der Waals surface area contributed by atoms with Gasteiger partial charge in [-0.1, -0.05) is 78.2 Å². The first-order valence-electron chi connectivity index (χ1n) is 17.8. The number of hydrogen-bond acceptors (Lipinski definition) is 6. The molecular formula is C39H48BrN3O6Si. The van der Waals surface area contributed by atoms with Crippen LogP contribution >= 0.6 is 15.9 Å². The monoisotopic (exact) mass is 761 g/mol. The molecule has 6 rings (SSSR count). The van der Waals surface area contributed by atoms with Crippen molar-refractivity contribution >= 4 is 53.3 Å². The fourth-order valence-corrected chi connectivity index (χ4v) is 11.3. The topological polar surface area (TPSA) is 111 Å². The number of carbonyl (C=O) groups excluding carboxylic acids is 3. The standard InChI is InChI=1S/C39H48BrN3O6Si/c1-27-37(50(2,3)48)34(24-36(46)41(20-21-44)25-28-12-7-6-8-13-28)49-39(27)32-23-30(40)17-18-33(32)43(38(39)47)26-29-14-11-15-31(22-29)42-19-10-5-4-9-16-35(42)45/h6-8,11-15,17-18,22-23,27,34,37,44,48H,4-5,9-10,16,19-21,24-26H2,1-3H3/t27-,34+,37-,39+/m1/s1. The molecule has 3 heterocycles. The van der Waals surface area contributed by atoms with Crippen LogP contribution in [0.15, 0.2) is 77.3 Å². The van der Waals surface area contributed by atoms with Gasteiger partial charge in [-0.05, 0) is 67.4 Å². The zero-order chi connectivity index (χ0) is 35.6. The number of rotatable bonds is 10. The second kappa shape index (κ2) is 15.1. The zero-order valence-corrected chi connectivity index (χ0v) is 31.8. The Morgan fingerprint density at radius 2 is 1.74 bits per heavy atom. The number of fused-ring (bicyclic) bond motifs is 2. The molecule has 9 nitrogen and oxygen atoms in total. The molecule has 0 bridgehead atoms. The molecule has 0 aliphatic carbocycles. The highest BCUT2D eigenvalue weighted by Gasteiger charge is 2.66. The SMILES string of the molecule is C[C@@H]1[C@@H]([Si](C)(C)O)[C@H](CC(=O)N(CCO)Cc2ccccc2)O[C@@]12C(=O)N(Cc1cccc(N3CCCCCCC3=O)c1)c1ccc(Br)cc12. The minimum absolute atomic E-state index is 0.0247. The molecule has 266 valence electrons. The predicted octanol–water partition coefficient (Wildman–Crippen LogP) is 6.50. The summed E-state index contributed by atoms with van der Waals surface area (Å²) >= 11 is 3.62. The largest absolute Gasteiger partial charge is 0.432 e. The molecule has 2 saturated heterocycles. The number of nitrogens with zero attached hydrogens (tertiary/aromatic N) is 3. The Kier molecular flexibility index (Phi) is 11.0. The van der Waals surface area contributed by atoms with Crippen molar-refractivity contribution in [2.24, 2.45) is 5.92 Å². The zero-order valence-electron chi connectivity index (χ0n) is 29.2. The highest BCUT2D eigenvalue weighted by molar-refractivity contribution is 9.10. The predicted molar refractivity (Wildman–Crippen MR) is 200 cm³/mol. The van der Waals surface area contributed by atoms with E-state index in [1.165, 1.54) is 0 Å². The number of anilines is 2. The van der Waals surface area contributed by atoms with Gasteiger partial charge in [-0.25, -0.2) is 0 Å². The Morgan fingerprint density at radius 3 is 2.48 bits per heavy atom. The number of amides is 3. The van der Waals surface area contributed by atoms with E-state index in [2.05, 4.69) is 15.9 Å². The summed E-state index contributed by atoms with van der Waals surface area (Å²) in [5.74, 6) is -0.721. The van der Waals surface area contributed by atoms with Crippen molar-refractivity contribution in [3.8, 4) is 0 Å². The van der Waals surface area contributed by atoms with E-state index in [9.17, 15) is 24.3 Å². The quantitative estimate of drug-likeness (QED) is 0.228. The minimum atomic E-state index is -3.00. The van der Waals surface area contributed by atoms with Crippen LogP contribution < -0.4 is 9.80 Å². The molecule has 50 heavy (non-hydrogen) atoms. The number of ether oxygens (including phenoxy) is 1. The Bertz CT molecular complexity index is 1720. The maximum Gasteiger partial charge on any atom is 0.264 e. The first-order chi connectivity index (χ1) is 23.9. The fraction of sp³-hybridized carbons (Fsp3) is 0.462. The van der Waals surface area contributed by atoms with Crippen molar-refractivity contribution in [2.75, 3.05) is 29.5 Å². The molecule has 3 aliphatic heterocycles. The number of carbonyl (C=O) groups is 3. The lowest BCUT2D eigenvalue weighted by Gasteiger charge is -2.32. The van der Waals surface area contributed by atoms with Crippen LogP contribution in [0, 0.1) is 5.92 Å². The van der Waals surface area contributed by atoms with Crippen molar-refractivity contribution in [1.82, 2.24) is 4.90 Å². The van der Waals surface area contributed by atoms with E-state index >= 15 is 0 Å². The van der Waals surface area contributed by atoms with Crippen molar-refractivity contribution in [3.63, 3.8) is 0 Å². The molecule has 3 aliphatic rings. The molecule has 4 atom stereocenters. The molecule has 0 saturated carbocycles. The second-order valence-corrected chi connectivity index (χ2v) is 19.4. The molecule has 3 aromatic rings. The summed E-state index contributed by atoms with van der Waals surface area (Å²) in [6.07, 6.45) is 3.84. The van der Waals surface area contributed by atoms with Crippen LogP contribution in [0.1, 0.15) is 62.1 Å². The summed E-state index contributed by atoms with van der Waals surface area (Å²) in [4.78, 5) is 58.9. The van der Waals surface area contributed by atoms with Gasteiger partial charge in [0, 0.05) is 53.2 Å². The molecule has 2 fully saturated rings. The summed E-state index contributed by atoms with van der Waals surface area (Å²) in [7, 11) is -3.00. The van der Waals surface area contributed by atoms with Crippen molar-refractivity contribution in [2.45, 2.75) is 88.9 Å². The number of hydrogen-bond donors (Lipinski definition) is 2. The molecule has 3 amide bonds. The van der Waals surface area contributed by atoms with Crippen LogP contribution in [-0.4, -0.2) is 66.6 Å². The van der Waals surface area contributed by atoms with E-state index in [1.54, 1.807) is 9.80 Å². The molecule has 11 heteroatoms. The van der Waals surface area contributed by atoms with Gasteiger partial charge >= 0.3 is 0 Å². The van der Waals surface area contributed by atoms with Gasteiger partial charge in [0.2, 0.25) is 11.8 Å². The van der Waals surface area contributed by atoms with Gasteiger partial charge in [-0.3, -0.25) is 14.4 Å².